The number of benzene rings is 1. The molecule has 0 unspecified atom stereocenters. The molecule has 26 heavy (non-hydrogen) atoms. The third kappa shape index (κ3) is 4.08. The largest absolute Gasteiger partial charge is 0.495 e. The molecule has 0 atom stereocenters. The lowest BCUT2D eigenvalue weighted by atomic mass is 10.2. The molecule has 2 rings (SSSR count). The minimum absolute atomic E-state index is 0.0130. The zero-order valence-corrected chi connectivity index (χ0v) is 16.2. The lowest BCUT2D eigenvalue weighted by Gasteiger charge is -2.21. The predicted octanol–water partition coefficient (Wildman–Crippen LogP) is 2.59. The van der Waals surface area contributed by atoms with Crippen LogP contribution in [0.25, 0.3) is 0 Å². The molecule has 1 aromatic carbocycles. The van der Waals surface area contributed by atoms with E-state index in [0.717, 1.165) is 0 Å². The molecule has 142 valence electrons. The number of carbonyl (C=O) groups excluding carboxylic acids is 1. The van der Waals surface area contributed by atoms with Crippen LogP contribution < -0.4 is 4.74 Å². The summed E-state index contributed by atoms with van der Waals surface area (Å²) < 4.78 is 37.5. The van der Waals surface area contributed by atoms with E-state index in [1.54, 1.807) is 39.1 Å². The smallest absolute Gasteiger partial charge is 0.254 e. The van der Waals surface area contributed by atoms with Crippen molar-refractivity contribution in [1.29, 1.82) is 0 Å². The summed E-state index contributed by atoms with van der Waals surface area (Å²) in [5.74, 6) is 0.549. The zero-order valence-electron chi connectivity index (χ0n) is 15.4. The standard InChI is InChI=1S/C18H24N2O5S/c1-5-20(6-2)26(22,23)17-12-14(9-10-16(17)24-4)18(21)19(3)13-15-8-7-11-25-15/h7-12H,5-6,13H2,1-4H3. The van der Waals surface area contributed by atoms with Gasteiger partial charge in [-0.2, -0.15) is 4.31 Å². The highest BCUT2D eigenvalue weighted by Crippen LogP contribution is 2.28. The zero-order chi connectivity index (χ0) is 19.3. The Hall–Kier alpha value is -2.32. The second-order valence-corrected chi connectivity index (χ2v) is 7.60. The van der Waals surface area contributed by atoms with Gasteiger partial charge in [-0.3, -0.25) is 4.79 Å². The molecule has 1 amide bonds. The van der Waals surface area contributed by atoms with Crippen molar-refractivity contribution in [3.05, 3.63) is 47.9 Å². The molecule has 0 saturated heterocycles. The van der Waals surface area contributed by atoms with Crippen LogP contribution in [0.5, 0.6) is 5.75 Å². The molecule has 0 bridgehead atoms. The monoisotopic (exact) mass is 380 g/mol. The molecular formula is C18H24N2O5S. The number of hydrogen-bond acceptors (Lipinski definition) is 5. The van der Waals surface area contributed by atoms with Crippen LogP contribution in [0.2, 0.25) is 0 Å². The van der Waals surface area contributed by atoms with Gasteiger partial charge in [-0.1, -0.05) is 13.8 Å². The second-order valence-electron chi connectivity index (χ2n) is 5.70. The number of rotatable bonds is 8. The van der Waals surface area contributed by atoms with E-state index in [4.69, 9.17) is 9.15 Å². The van der Waals surface area contributed by atoms with Crippen molar-refractivity contribution in [3.8, 4) is 5.75 Å². The molecule has 0 N–H and O–H groups in total. The first-order chi connectivity index (χ1) is 12.3. The van der Waals surface area contributed by atoms with Gasteiger partial charge in [0.1, 0.15) is 16.4 Å². The molecular weight excluding hydrogens is 356 g/mol. The molecule has 8 heteroatoms. The maximum absolute atomic E-state index is 12.9. The van der Waals surface area contributed by atoms with E-state index >= 15 is 0 Å². The minimum Gasteiger partial charge on any atom is -0.495 e. The molecule has 2 aromatic rings. The number of amides is 1. The third-order valence-electron chi connectivity index (χ3n) is 4.05. The summed E-state index contributed by atoms with van der Waals surface area (Å²) in [6.07, 6.45) is 1.54. The first kappa shape index (κ1) is 20.0. The van der Waals surface area contributed by atoms with Gasteiger partial charge in [0.2, 0.25) is 10.0 Å². The minimum atomic E-state index is -3.76. The Morgan fingerprint density at radius 1 is 1.19 bits per heavy atom. The first-order valence-corrected chi connectivity index (χ1v) is 9.75. The topological polar surface area (TPSA) is 80.1 Å². The molecule has 0 aliphatic rings. The van der Waals surface area contributed by atoms with Crippen LogP contribution in [0.1, 0.15) is 30.0 Å². The van der Waals surface area contributed by atoms with E-state index in [2.05, 4.69) is 0 Å². The Balaban J connectivity index is 2.38. The van der Waals surface area contributed by atoms with Crippen molar-refractivity contribution < 1.29 is 22.4 Å². The molecule has 0 saturated carbocycles. The Labute approximate surface area is 154 Å². The normalized spacial score (nSPS) is 11.6. The fraction of sp³-hybridized carbons (Fsp3) is 0.389. The SMILES string of the molecule is CCN(CC)S(=O)(=O)c1cc(C(=O)N(C)Cc2ccco2)ccc1OC. The number of nitrogens with zero attached hydrogens (tertiary/aromatic N) is 2. The fourth-order valence-electron chi connectivity index (χ4n) is 2.64. The van der Waals surface area contributed by atoms with Crippen molar-refractivity contribution in [2.24, 2.45) is 0 Å². The maximum atomic E-state index is 12.9. The Bertz CT molecular complexity index is 842. The molecule has 0 spiro atoms. The van der Waals surface area contributed by atoms with Crippen LogP contribution in [0, 0.1) is 0 Å². The average molecular weight is 380 g/mol. The number of furan rings is 1. The predicted molar refractivity (Wildman–Crippen MR) is 97.6 cm³/mol. The van der Waals surface area contributed by atoms with Crippen LogP contribution in [-0.4, -0.2) is 50.8 Å². The molecule has 7 nitrogen and oxygen atoms in total. The third-order valence-corrected chi connectivity index (χ3v) is 6.12. The van der Waals surface area contributed by atoms with Crippen molar-refractivity contribution >= 4 is 15.9 Å². The van der Waals surface area contributed by atoms with Gasteiger partial charge in [0.15, 0.2) is 0 Å². The van der Waals surface area contributed by atoms with Crippen LogP contribution >= 0.6 is 0 Å². The summed E-state index contributed by atoms with van der Waals surface area (Å²) in [6, 6.07) is 7.95. The second kappa shape index (κ2) is 8.37. The van der Waals surface area contributed by atoms with Crippen LogP contribution in [0.4, 0.5) is 0 Å². The number of sulfonamides is 1. The first-order valence-electron chi connectivity index (χ1n) is 8.31. The Morgan fingerprint density at radius 3 is 2.42 bits per heavy atom. The molecule has 0 aliphatic heterocycles. The number of carbonyl (C=O) groups is 1. The lowest BCUT2D eigenvalue weighted by molar-refractivity contribution is 0.0775. The van der Waals surface area contributed by atoms with Gasteiger partial charge >= 0.3 is 0 Å². The highest BCUT2D eigenvalue weighted by atomic mass is 32.2. The van der Waals surface area contributed by atoms with E-state index < -0.39 is 10.0 Å². The Kier molecular flexibility index (Phi) is 6.44. The number of methoxy groups -OCH3 is 1. The summed E-state index contributed by atoms with van der Waals surface area (Å²) in [4.78, 5) is 14.1. The van der Waals surface area contributed by atoms with Crippen molar-refractivity contribution in [2.45, 2.75) is 25.3 Å². The quantitative estimate of drug-likeness (QED) is 0.703. The van der Waals surface area contributed by atoms with Crippen molar-refractivity contribution in [3.63, 3.8) is 0 Å². The van der Waals surface area contributed by atoms with Gasteiger partial charge in [0.25, 0.3) is 5.91 Å². The van der Waals surface area contributed by atoms with Crippen LogP contribution in [0.15, 0.2) is 45.9 Å². The van der Waals surface area contributed by atoms with Gasteiger partial charge in [-0.25, -0.2) is 8.42 Å². The van der Waals surface area contributed by atoms with Gasteiger partial charge in [0.05, 0.1) is 19.9 Å². The molecule has 0 fully saturated rings. The van der Waals surface area contributed by atoms with E-state index in [1.807, 2.05) is 0 Å². The van der Waals surface area contributed by atoms with Gasteiger partial charge in [-0.05, 0) is 30.3 Å². The summed E-state index contributed by atoms with van der Waals surface area (Å²) in [5.41, 5.74) is 0.269. The van der Waals surface area contributed by atoms with Gasteiger partial charge < -0.3 is 14.1 Å². The van der Waals surface area contributed by atoms with Crippen LogP contribution in [0.3, 0.4) is 0 Å². The molecule has 0 radical (unpaired) electrons. The van der Waals surface area contributed by atoms with E-state index in [1.165, 1.54) is 34.7 Å². The van der Waals surface area contributed by atoms with E-state index in [-0.39, 0.29) is 28.7 Å². The summed E-state index contributed by atoms with van der Waals surface area (Å²) in [6.45, 7) is 4.48. The van der Waals surface area contributed by atoms with Gasteiger partial charge in [0, 0.05) is 25.7 Å². The van der Waals surface area contributed by atoms with Crippen molar-refractivity contribution in [1.82, 2.24) is 9.21 Å². The van der Waals surface area contributed by atoms with Crippen molar-refractivity contribution in [2.75, 3.05) is 27.2 Å². The van der Waals surface area contributed by atoms with E-state index in [0.29, 0.717) is 18.8 Å². The molecule has 1 heterocycles. The Morgan fingerprint density at radius 2 is 1.88 bits per heavy atom. The summed E-state index contributed by atoms with van der Waals surface area (Å²) in [5, 5.41) is 0. The molecule has 0 aliphatic carbocycles. The lowest BCUT2D eigenvalue weighted by Crippen LogP contribution is -2.31. The highest BCUT2D eigenvalue weighted by Gasteiger charge is 2.27. The highest BCUT2D eigenvalue weighted by molar-refractivity contribution is 7.89. The fourth-order valence-corrected chi connectivity index (χ4v) is 4.28. The van der Waals surface area contributed by atoms with E-state index in [9.17, 15) is 13.2 Å². The molecule has 1 aromatic heterocycles. The number of hydrogen-bond donors (Lipinski definition) is 0. The summed E-state index contributed by atoms with van der Waals surface area (Å²) >= 11 is 0. The van der Waals surface area contributed by atoms with Gasteiger partial charge in [-0.15, -0.1) is 0 Å². The number of ether oxygens (including phenoxy) is 1. The summed E-state index contributed by atoms with van der Waals surface area (Å²) in [7, 11) is -0.720. The maximum Gasteiger partial charge on any atom is 0.254 e. The van der Waals surface area contributed by atoms with Crippen LogP contribution in [-0.2, 0) is 16.6 Å². The average Bonchev–Trinajstić information content (AvgIpc) is 3.14.